The molecule has 0 aromatic heterocycles. The number of hydrogen-bond acceptors (Lipinski definition) is 9. The summed E-state index contributed by atoms with van der Waals surface area (Å²) in [7, 11) is 0. The van der Waals surface area contributed by atoms with Crippen LogP contribution in [-0.4, -0.2) is 74.9 Å². The lowest BCUT2D eigenvalue weighted by molar-refractivity contribution is -0.314. The van der Waals surface area contributed by atoms with Gasteiger partial charge in [0.15, 0.2) is 0 Å². The van der Waals surface area contributed by atoms with E-state index in [0.717, 1.165) is 17.5 Å². The second-order valence-corrected chi connectivity index (χ2v) is 8.61. The van der Waals surface area contributed by atoms with Gasteiger partial charge in [0.05, 0.1) is 6.61 Å². The standard InChI is InChI=1S/C25H32O9/c1-3-15-4-6-16(7-5-15)10-18-9-8-17(12-26)11-19(18)33-24-22(30)21(29)23(31)25(2,34-24)14-32-20(28)13-27/h4-9,11,21-24,26-27,29-31H,3,10,12-14H2,1-2H3/t21-,22-,23+,24+,25-/m1/s1. The number of rotatable bonds is 9. The summed E-state index contributed by atoms with van der Waals surface area (Å²) < 4.78 is 16.6. The Morgan fingerprint density at radius 1 is 1.00 bits per heavy atom. The molecule has 1 heterocycles. The fraction of sp³-hybridized carbons (Fsp3) is 0.480. The number of aryl methyl sites for hydroxylation is 1. The molecule has 0 saturated carbocycles. The number of ether oxygens (including phenoxy) is 3. The van der Waals surface area contributed by atoms with Crippen LogP contribution < -0.4 is 4.74 Å². The van der Waals surface area contributed by atoms with Crippen LogP contribution in [0.15, 0.2) is 42.5 Å². The number of esters is 1. The fourth-order valence-electron chi connectivity index (χ4n) is 3.79. The zero-order valence-electron chi connectivity index (χ0n) is 19.3. The highest BCUT2D eigenvalue weighted by atomic mass is 16.7. The molecule has 1 fully saturated rings. The van der Waals surface area contributed by atoms with Gasteiger partial charge in [0.25, 0.3) is 0 Å². The molecular weight excluding hydrogens is 444 g/mol. The van der Waals surface area contributed by atoms with E-state index in [1.807, 2.05) is 24.3 Å². The first-order valence-electron chi connectivity index (χ1n) is 11.2. The van der Waals surface area contributed by atoms with Crippen LogP contribution in [0.25, 0.3) is 0 Å². The summed E-state index contributed by atoms with van der Waals surface area (Å²) in [4.78, 5) is 11.4. The van der Waals surface area contributed by atoms with Crippen molar-refractivity contribution in [1.29, 1.82) is 0 Å². The van der Waals surface area contributed by atoms with E-state index in [2.05, 4.69) is 6.92 Å². The maximum absolute atomic E-state index is 11.4. The summed E-state index contributed by atoms with van der Waals surface area (Å²) >= 11 is 0. The third-order valence-corrected chi connectivity index (χ3v) is 6.00. The van der Waals surface area contributed by atoms with Crippen LogP contribution in [0.3, 0.4) is 0 Å². The Bertz CT molecular complexity index is 961. The van der Waals surface area contributed by atoms with Crippen molar-refractivity contribution in [2.24, 2.45) is 0 Å². The van der Waals surface area contributed by atoms with Crippen molar-refractivity contribution in [3.63, 3.8) is 0 Å². The molecule has 186 valence electrons. The van der Waals surface area contributed by atoms with E-state index in [1.165, 1.54) is 12.5 Å². The lowest BCUT2D eigenvalue weighted by Crippen LogP contribution is -2.66. The van der Waals surface area contributed by atoms with Gasteiger partial charge in [-0.25, -0.2) is 4.79 Å². The minimum absolute atomic E-state index is 0.230. The maximum atomic E-state index is 11.4. The SMILES string of the molecule is CCc1ccc(Cc2ccc(CO)cc2O[C@H]2O[C@](C)(COC(=O)CO)[C@@H](O)[C@H](O)[C@H]2O)cc1. The van der Waals surface area contributed by atoms with Crippen LogP contribution in [0, 0.1) is 0 Å². The largest absolute Gasteiger partial charge is 0.462 e. The van der Waals surface area contributed by atoms with E-state index >= 15 is 0 Å². The van der Waals surface area contributed by atoms with Crippen LogP contribution in [0.4, 0.5) is 0 Å². The Balaban J connectivity index is 1.85. The van der Waals surface area contributed by atoms with Gasteiger partial charge in [-0.05, 0) is 41.7 Å². The molecule has 5 N–H and O–H groups in total. The highest BCUT2D eigenvalue weighted by Crippen LogP contribution is 2.33. The second kappa shape index (κ2) is 11.3. The zero-order chi connectivity index (χ0) is 24.9. The number of benzene rings is 2. The molecule has 0 spiro atoms. The summed E-state index contributed by atoms with van der Waals surface area (Å²) in [5, 5.41) is 49.8. The monoisotopic (exact) mass is 476 g/mol. The second-order valence-electron chi connectivity index (χ2n) is 8.61. The third-order valence-electron chi connectivity index (χ3n) is 6.00. The normalized spacial score (nSPS) is 26.8. The molecule has 5 atom stereocenters. The molecule has 0 bridgehead atoms. The Kier molecular flexibility index (Phi) is 8.64. The molecular formula is C25H32O9. The summed E-state index contributed by atoms with van der Waals surface area (Å²) in [5.74, 6) is -0.601. The van der Waals surface area contributed by atoms with Crippen LogP contribution in [0.1, 0.15) is 36.1 Å². The lowest BCUT2D eigenvalue weighted by atomic mass is 9.89. The van der Waals surface area contributed by atoms with Crippen LogP contribution in [0.2, 0.25) is 0 Å². The number of hydrogen-bond donors (Lipinski definition) is 5. The van der Waals surface area contributed by atoms with Gasteiger partial charge in [-0.1, -0.05) is 43.3 Å². The minimum Gasteiger partial charge on any atom is -0.462 e. The number of aliphatic hydroxyl groups excluding tert-OH is 5. The predicted octanol–water partition coefficient (Wildman–Crippen LogP) is 0.444. The number of aliphatic hydroxyl groups is 5. The van der Waals surface area contributed by atoms with Crippen LogP contribution in [-0.2, 0) is 33.7 Å². The predicted molar refractivity (Wildman–Crippen MR) is 121 cm³/mol. The molecule has 0 aliphatic carbocycles. The Morgan fingerprint density at radius 2 is 1.65 bits per heavy atom. The van der Waals surface area contributed by atoms with Gasteiger partial charge in [-0.3, -0.25) is 0 Å². The maximum Gasteiger partial charge on any atom is 0.331 e. The lowest BCUT2D eigenvalue weighted by Gasteiger charge is -2.46. The van der Waals surface area contributed by atoms with E-state index in [4.69, 9.17) is 19.3 Å². The zero-order valence-corrected chi connectivity index (χ0v) is 19.3. The molecule has 0 unspecified atom stereocenters. The smallest absolute Gasteiger partial charge is 0.331 e. The highest BCUT2D eigenvalue weighted by molar-refractivity contribution is 5.70. The van der Waals surface area contributed by atoms with Crippen LogP contribution in [0.5, 0.6) is 5.75 Å². The molecule has 0 radical (unpaired) electrons. The van der Waals surface area contributed by atoms with Gasteiger partial charge in [0.2, 0.25) is 6.29 Å². The first kappa shape index (κ1) is 26.1. The van der Waals surface area contributed by atoms with Gasteiger partial charge >= 0.3 is 5.97 Å². The first-order chi connectivity index (χ1) is 16.2. The van der Waals surface area contributed by atoms with Gasteiger partial charge in [-0.2, -0.15) is 0 Å². The van der Waals surface area contributed by atoms with Gasteiger partial charge in [-0.15, -0.1) is 0 Å². The summed E-state index contributed by atoms with van der Waals surface area (Å²) in [6, 6.07) is 13.3. The van der Waals surface area contributed by atoms with Crippen molar-refractivity contribution >= 4 is 5.97 Å². The van der Waals surface area contributed by atoms with E-state index < -0.39 is 49.4 Å². The van der Waals surface area contributed by atoms with Gasteiger partial charge < -0.3 is 39.7 Å². The average Bonchev–Trinajstić information content (AvgIpc) is 2.86. The molecule has 2 aromatic carbocycles. The van der Waals surface area contributed by atoms with Gasteiger partial charge in [0, 0.05) is 6.42 Å². The van der Waals surface area contributed by atoms with E-state index in [1.54, 1.807) is 18.2 Å². The quantitative estimate of drug-likeness (QED) is 0.326. The molecule has 1 aliphatic rings. The van der Waals surface area contributed by atoms with Crippen molar-refractivity contribution in [2.75, 3.05) is 13.2 Å². The number of carbonyl (C=O) groups excluding carboxylic acids is 1. The molecule has 0 amide bonds. The first-order valence-corrected chi connectivity index (χ1v) is 11.2. The Hall–Kier alpha value is -2.53. The molecule has 1 aliphatic heterocycles. The van der Waals surface area contributed by atoms with E-state index in [0.29, 0.717) is 17.7 Å². The molecule has 1 saturated heterocycles. The molecule has 9 heteroatoms. The van der Waals surface area contributed by atoms with Crippen molar-refractivity contribution in [3.05, 3.63) is 64.7 Å². The molecule has 34 heavy (non-hydrogen) atoms. The van der Waals surface area contributed by atoms with Crippen molar-refractivity contribution < 1.29 is 44.5 Å². The third kappa shape index (κ3) is 5.93. The van der Waals surface area contributed by atoms with Gasteiger partial charge in [0.1, 0.15) is 42.9 Å². The summed E-state index contributed by atoms with van der Waals surface area (Å²) in [5.41, 5.74) is 1.96. The minimum atomic E-state index is -1.65. The molecule has 2 aromatic rings. The summed E-state index contributed by atoms with van der Waals surface area (Å²) in [6.07, 6.45) is -4.82. The van der Waals surface area contributed by atoms with Crippen molar-refractivity contribution in [1.82, 2.24) is 0 Å². The fourth-order valence-corrected chi connectivity index (χ4v) is 3.79. The van der Waals surface area contributed by atoms with E-state index in [9.17, 15) is 25.2 Å². The Labute approximate surface area is 198 Å². The molecule has 3 rings (SSSR count). The highest BCUT2D eigenvalue weighted by Gasteiger charge is 2.52. The van der Waals surface area contributed by atoms with Crippen molar-refractivity contribution in [2.45, 2.75) is 63.5 Å². The Morgan fingerprint density at radius 3 is 2.26 bits per heavy atom. The van der Waals surface area contributed by atoms with Crippen LogP contribution >= 0.6 is 0 Å². The van der Waals surface area contributed by atoms with Crippen molar-refractivity contribution in [3.8, 4) is 5.75 Å². The topological polar surface area (TPSA) is 146 Å². The summed E-state index contributed by atoms with van der Waals surface area (Å²) in [6.45, 7) is 1.91. The number of carbonyl (C=O) groups is 1. The van der Waals surface area contributed by atoms with E-state index in [-0.39, 0.29) is 6.61 Å². The molecule has 9 nitrogen and oxygen atoms in total. The average molecular weight is 477 g/mol.